The third-order valence-corrected chi connectivity index (χ3v) is 6.04. The quantitative estimate of drug-likeness (QED) is 0.573. The highest BCUT2D eigenvalue weighted by Gasteiger charge is 2.23. The molecule has 3 heterocycles. The van der Waals surface area contributed by atoms with Crippen LogP contribution in [0.25, 0.3) is 11.4 Å². The minimum absolute atomic E-state index is 0.0911. The van der Waals surface area contributed by atoms with Gasteiger partial charge in [-0.05, 0) is 31.4 Å². The van der Waals surface area contributed by atoms with Crippen molar-refractivity contribution >= 4 is 11.8 Å². The Morgan fingerprint density at radius 1 is 1.15 bits per heavy atom. The van der Waals surface area contributed by atoms with E-state index < -0.39 is 5.91 Å². The summed E-state index contributed by atoms with van der Waals surface area (Å²) in [7, 11) is 1.68. The molecule has 1 fully saturated rings. The van der Waals surface area contributed by atoms with Crippen LogP contribution in [0.3, 0.4) is 0 Å². The lowest BCUT2D eigenvalue weighted by Crippen LogP contribution is -2.45. The van der Waals surface area contributed by atoms with Gasteiger partial charge in [0, 0.05) is 50.2 Å². The van der Waals surface area contributed by atoms with E-state index in [1.807, 2.05) is 34.9 Å². The Morgan fingerprint density at radius 2 is 1.85 bits per heavy atom. The summed E-state index contributed by atoms with van der Waals surface area (Å²) >= 11 is 0. The standard InChI is InChI=1S/C25H29N5O4/c1-17-12-19(15-28(2)25(17)34)23-27-21(16-30(23)14-18-6-4-3-5-7-18)24(33)26-13-22(32)29-10-8-20(31)9-11-29/h3-7,12,15-16,20,31H,8-11,13-14H2,1-2H3,(H,26,33). The molecule has 1 aromatic carbocycles. The van der Waals surface area contributed by atoms with Crippen LogP contribution in [0.5, 0.6) is 0 Å². The first-order valence-electron chi connectivity index (χ1n) is 11.3. The molecule has 0 unspecified atom stereocenters. The first kappa shape index (κ1) is 23.4. The minimum atomic E-state index is -0.444. The van der Waals surface area contributed by atoms with Gasteiger partial charge in [-0.3, -0.25) is 14.4 Å². The summed E-state index contributed by atoms with van der Waals surface area (Å²) in [6, 6.07) is 11.6. The zero-order valence-corrected chi connectivity index (χ0v) is 19.4. The summed E-state index contributed by atoms with van der Waals surface area (Å²) in [6.07, 6.45) is 4.10. The lowest BCUT2D eigenvalue weighted by atomic mass is 10.1. The van der Waals surface area contributed by atoms with Gasteiger partial charge in [-0.15, -0.1) is 0 Å². The monoisotopic (exact) mass is 463 g/mol. The van der Waals surface area contributed by atoms with Crippen molar-refractivity contribution in [1.82, 2.24) is 24.3 Å². The average Bonchev–Trinajstić information content (AvgIpc) is 3.25. The van der Waals surface area contributed by atoms with Crippen molar-refractivity contribution in [2.45, 2.75) is 32.4 Å². The number of rotatable bonds is 6. The van der Waals surface area contributed by atoms with Gasteiger partial charge < -0.3 is 24.5 Å². The van der Waals surface area contributed by atoms with Crippen LogP contribution >= 0.6 is 0 Å². The maximum Gasteiger partial charge on any atom is 0.271 e. The fourth-order valence-corrected chi connectivity index (χ4v) is 4.13. The van der Waals surface area contributed by atoms with Gasteiger partial charge in [0.1, 0.15) is 11.5 Å². The second-order valence-electron chi connectivity index (χ2n) is 8.69. The number of hydrogen-bond donors (Lipinski definition) is 2. The number of piperidine rings is 1. The Kier molecular flexibility index (Phi) is 6.93. The zero-order valence-electron chi connectivity index (χ0n) is 19.4. The Bertz CT molecular complexity index is 1210. The van der Waals surface area contributed by atoms with Crippen LogP contribution in [0, 0.1) is 6.92 Å². The molecule has 2 aromatic heterocycles. The highest BCUT2D eigenvalue weighted by molar-refractivity contribution is 5.95. The molecule has 0 aliphatic carbocycles. The highest BCUT2D eigenvalue weighted by Crippen LogP contribution is 2.21. The largest absolute Gasteiger partial charge is 0.393 e. The number of pyridine rings is 1. The molecule has 0 bridgehead atoms. The number of nitrogens with zero attached hydrogens (tertiary/aromatic N) is 4. The molecule has 1 aliphatic heterocycles. The Morgan fingerprint density at radius 3 is 2.53 bits per heavy atom. The summed E-state index contributed by atoms with van der Waals surface area (Å²) in [5, 5.41) is 12.3. The number of carbonyl (C=O) groups is 2. The van der Waals surface area contributed by atoms with Crippen LogP contribution in [0.1, 0.15) is 34.5 Å². The normalized spacial score (nSPS) is 14.3. The second kappa shape index (κ2) is 10.0. The van der Waals surface area contributed by atoms with E-state index in [-0.39, 0.29) is 29.8 Å². The number of aromatic nitrogens is 3. The number of amides is 2. The maximum absolute atomic E-state index is 12.9. The van der Waals surface area contributed by atoms with Crippen molar-refractivity contribution in [3.63, 3.8) is 0 Å². The molecule has 34 heavy (non-hydrogen) atoms. The summed E-state index contributed by atoms with van der Waals surface area (Å²) in [4.78, 5) is 43.7. The number of hydrogen-bond acceptors (Lipinski definition) is 5. The molecule has 0 atom stereocenters. The van der Waals surface area contributed by atoms with Gasteiger partial charge in [-0.25, -0.2) is 4.98 Å². The summed E-state index contributed by atoms with van der Waals surface area (Å²) in [5.41, 5.74) is 2.44. The number of nitrogens with one attached hydrogen (secondary N) is 1. The Hall–Kier alpha value is -3.72. The second-order valence-corrected chi connectivity index (χ2v) is 8.69. The van der Waals surface area contributed by atoms with Crippen molar-refractivity contribution < 1.29 is 14.7 Å². The van der Waals surface area contributed by atoms with Crippen molar-refractivity contribution in [2.75, 3.05) is 19.6 Å². The fourth-order valence-electron chi connectivity index (χ4n) is 4.13. The van der Waals surface area contributed by atoms with Crippen LogP contribution in [0.15, 0.2) is 53.6 Å². The van der Waals surface area contributed by atoms with Crippen LogP contribution in [0.2, 0.25) is 0 Å². The number of likely N-dealkylation sites (tertiary alicyclic amines) is 1. The van der Waals surface area contributed by atoms with Gasteiger partial charge in [-0.2, -0.15) is 0 Å². The Balaban J connectivity index is 1.56. The SMILES string of the molecule is Cc1cc(-c2nc(C(=O)NCC(=O)N3CCC(O)CC3)cn2Cc2ccccc2)cn(C)c1=O. The smallest absolute Gasteiger partial charge is 0.271 e. The lowest BCUT2D eigenvalue weighted by molar-refractivity contribution is -0.132. The van der Waals surface area contributed by atoms with Crippen LogP contribution in [0.4, 0.5) is 0 Å². The molecule has 9 heteroatoms. The van der Waals surface area contributed by atoms with E-state index in [0.29, 0.717) is 43.9 Å². The van der Waals surface area contributed by atoms with E-state index in [1.165, 1.54) is 4.57 Å². The van der Waals surface area contributed by atoms with Gasteiger partial charge in [0.15, 0.2) is 0 Å². The van der Waals surface area contributed by atoms with Crippen molar-refractivity contribution in [3.8, 4) is 11.4 Å². The molecule has 0 saturated carbocycles. The molecule has 0 spiro atoms. The molecule has 3 aromatic rings. The van der Waals surface area contributed by atoms with Gasteiger partial charge in [0.05, 0.1) is 12.6 Å². The average molecular weight is 464 g/mol. The van der Waals surface area contributed by atoms with Gasteiger partial charge >= 0.3 is 0 Å². The molecule has 2 amide bonds. The summed E-state index contributed by atoms with van der Waals surface area (Å²) in [5.74, 6) is -0.0677. The Labute approximate surface area is 197 Å². The highest BCUT2D eigenvalue weighted by atomic mass is 16.3. The van der Waals surface area contributed by atoms with Crippen molar-refractivity contribution in [3.05, 3.63) is 76.0 Å². The van der Waals surface area contributed by atoms with E-state index in [9.17, 15) is 19.5 Å². The third-order valence-electron chi connectivity index (χ3n) is 6.04. The predicted molar refractivity (Wildman–Crippen MR) is 127 cm³/mol. The third kappa shape index (κ3) is 5.26. The number of benzene rings is 1. The molecule has 0 radical (unpaired) electrons. The van der Waals surface area contributed by atoms with Crippen molar-refractivity contribution in [2.24, 2.45) is 7.05 Å². The molecule has 1 saturated heterocycles. The number of carbonyl (C=O) groups excluding carboxylic acids is 2. The minimum Gasteiger partial charge on any atom is -0.393 e. The number of aliphatic hydroxyl groups is 1. The summed E-state index contributed by atoms with van der Waals surface area (Å²) < 4.78 is 3.37. The first-order valence-corrected chi connectivity index (χ1v) is 11.3. The molecule has 2 N–H and O–H groups in total. The van der Waals surface area contributed by atoms with Crippen molar-refractivity contribution in [1.29, 1.82) is 0 Å². The van der Waals surface area contributed by atoms with Gasteiger partial charge in [0.25, 0.3) is 11.5 Å². The lowest BCUT2D eigenvalue weighted by Gasteiger charge is -2.29. The summed E-state index contributed by atoms with van der Waals surface area (Å²) in [6.45, 7) is 3.08. The topological polar surface area (TPSA) is 109 Å². The first-order chi connectivity index (χ1) is 16.3. The van der Waals surface area contributed by atoms with E-state index in [4.69, 9.17) is 0 Å². The molecule has 9 nitrogen and oxygen atoms in total. The maximum atomic E-state index is 12.9. The van der Waals surface area contributed by atoms with E-state index in [0.717, 1.165) is 11.1 Å². The predicted octanol–water partition coefficient (Wildman–Crippen LogP) is 1.32. The number of imidazole rings is 1. The molecular weight excluding hydrogens is 434 g/mol. The zero-order chi connectivity index (χ0) is 24.2. The fraction of sp³-hybridized carbons (Fsp3) is 0.360. The van der Waals surface area contributed by atoms with Crippen LogP contribution < -0.4 is 10.9 Å². The van der Waals surface area contributed by atoms with Gasteiger partial charge in [-0.1, -0.05) is 30.3 Å². The number of aliphatic hydroxyl groups excluding tert-OH is 1. The molecule has 178 valence electrons. The van der Waals surface area contributed by atoms with E-state index in [2.05, 4.69) is 10.3 Å². The molecular formula is C25H29N5O4. The van der Waals surface area contributed by atoms with Crippen LogP contribution in [-0.4, -0.2) is 61.7 Å². The van der Waals surface area contributed by atoms with E-state index >= 15 is 0 Å². The van der Waals surface area contributed by atoms with E-state index in [1.54, 1.807) is 37.3 Å². The molecule has 1 aliphatic rings. The number of aryl methyl sites for hydroxylation is 2. The molecule has 4 rings (SSSR count). The van der Waals surface area contributed by atoms with Crippen LogP contribution in [-0.2, 0) is 18.4 Å². The van der Waals surface area contributed by atoms with Gasteiger partial charge in [0.2, 0.25) is 5.91 Å².